The Bertz CT molecular complexity index is 6120. The summed E-state index contributed by atoms with van der Waals surface area (Å²) < 4.78 is 154. The standard InChI is InChI=1S/C88H86Br4N10O18S4/c1-53-33-57(5)99(93-53)29-25-97(26-30-100-58(6)34-54(2)94-100)85(103)49-81-61-37-62-42-74(118-122(111,112)78-19-11-70(90)12-20-78)44-64(82(62)50-86(104)98(27-31-101-59(7)35-55(3)95-101)28-32-102-60(8)36-56(4)96-102)39-66-46-76(120-124(115,116)80-23-15-72(92)16-24-80)48-68(84(66)52-88(107)108)40-67-47-75(119-123(113,114)79-21-13-71(91)14-22-79)45-65(83(67)51-87(105)106)38-63(81)43-73(41-61)117-121(109,110)77-17-9-69(89)10-18-77/h9-24,33-36,41-48H,25-32,37-40,49-52H2,1-8H3,(H,105,106)(H,107,108). The van der Waals surface area contributed by atoms with E-state index in [1.807, 2.05) is 79.7 Å². The van der Waals surface area contributed by atoms with Crippen LogP contribution in [0.3, 0.4) is 0 Å². The molecule has 1 aliphatic rings. The number of nitrogens with zero attached hydrogens (tertiary/aromatic N) is 10. The fraction of sp³-hybridized carbons (Fsp3) is 0.273. The quantitative estimate of drug-likeness (QED) is 0.0370. The van der Waals surface area contributed by atoms with Crippen LogP contribution in [-0.2, 0) is 137 Å². The van der Waals surface area contributed by atoms with Gasteiger partial charge in [0, 0.05) is 66.8 Å². The van der Waals surface area contributed by atoms with Gasteiger partial charge in [-0.15, -0.1) is 0 Å². The highest BCUT2D eigenvalue weighted by atomic mass is 79.9. The van der Waals surface area contributed by atoms with Crippen molar-refractivity contribution < 1.29 is 79.8 Å². The Balaban J connectivity index is 1.13. The summed E-state index contributed by atoms with van der Waals surface area (Å²) in [5.74, 6) is -5.45. The van der Waals surface area contributed by atoms with Crippen LogP contribution in [0.4, 0.5) is 0 Å². The molecule has 8 bridgehead atoms. The number of aliphatic carboxylic acids is 2. The number of benzene rings is 8. The van der Waals surface area contributed by atoms with Crippen LogP contribution in [0.5, 0.6) is 23.0 Å². The van der Waals surface area contributed by atoms with E-state index in [1.54, 1.807) is 28.5 Å². The van der Waals surface area contributed by atoms with Crippen molar-refractivity contribution in [3.05, 3.63) is 300 Å². The van der Waals surface area contributed by atoms with Crippen LogP contribution < -0.4 is 16.7 Å². The number of amides is 2. The first-order valence-electron chi connectivity index (χ1n) is 39.1. The lowest BCUT2D eigenvalue weighted by Gasteiger charge is -2.27. The minimum Gasteiger partial charge on any atom is -0.481 e. The molecule has 4 aromatic heterocycles. The van der Waals surface area contributed by atoms with E-state index in [2.05, 4.69) is 63.7 Å². The van der Waals surface area contributed by atoms with Gasteiger partial charge < -0.3 is 36.7 Å². The SMILES string of the molecule is Cc1cc(C)n(CCN(CCn2nc(C)cc2C)C(=O)Cc2c3cc(OS(=O)(=O)c4ccc(Br)cc4)cc2Cc2cc(OS(=O)(=O)c4ccc(Br)cc4)cc(c2CC(=O)N(CCn2nc(C)cc2C)CCn2nc(C)cc2C)Cc2cc(OS(=O)(=O)c4ccc(Br)cc4)cc(c2CC(=O)O)Cc2cc(OS(=O)(=O)c4ccc(Br)cc4)cc(c2CC(=O)O)C3)n1. The van der Waals surface area contributed by atoms with Crippen LogP contribution in [0.25, 0.3) is 0 Å². The second-order valence-electron chi connectivity index (χ2n) is 30.4. The van der Waals surface area contributed by atoms with Gasteiger partial charge in [0.15, 0.2) is 0 Å². The zero-order chi connectivity index (χ0) is 89.0. The molecule has 0 radical (unpaired) electrons. The summed E-state index contributed by atoms with van der Waals surface area (Å²) in [6.07, 6.45) is -4.92. The molecule has 1 aliphatic carbocycles. The molecule has 0 spiro atoms. The molecule has 0 fully saturated rings. The maximum atomic E-state index is 16.5. The molecule has 12 aromatic rings. The van der Waals surface area contributed by atoms with Crippen molar-refractivity contribution in [3.8, 4) is 23.0 Å². The van der Waals surface area contributed by atoms with Crippen LogP contribution in [0.2, 0.25) is 0 Å². The molecule has 13 rings (SSSR count). The summed E-state index contributed by atoms with van der Waals surface area (Å²) >= 11 is 13.5. The molecule has 2 amide bonds. The number of halogens is 4. The smallest absolute Gasteiger partial charge is 0.339 e. The average molecular weight is 2020 g/mol. The lowest BCUT2D eigenvalue weighted by atomic mass is 9.82. The van der Waals surface area contributed by atoms with E-state index < -0.39 is 127 Å². The van der Waals surface area contributed by atoms with E-state index in [-0.39, 0.29) is 150 Å². The maximum Gasteiger partial charge on any atom is 0.339 e. The van der Waals surface area contributed by atoms with Crippen LogP contribution in [-0.4, -0.2) is 143 Å². The summed E-state index contributed by atoms with van der Waals surface area (Å²) in [6, 6.07) is 40.4. The molecular formula is C88H86Br4N10O18S4. The van der Waals surface area contributed by atoms with E-state index in [0.29, 0.717) is 17.9 Å². The van der Waals surface area contributed by atoms with Gasteiger partial charge in [0.1, 0.15) is 42.6 Å². The number of fused-ring (bicyclic) bond motifs is 8. The minimum atomic E-state index is -4.87. The summed E-state index contributed by atoms with van der Waals surface area (Å²) in [6.45, 7) is 15.9. The molecule has 0 atom stereocenters. The van der Waals surface area contributed by atoms with Gasteiger partial charge in [-0.1, -0.05) is 63.7 Å². The molecule has 0 saturated carbocycles. The highest BCUT2D eigenvalue weighted by molar-refractivity contribution is 9.11. The number of carbonyl (C=O) groups excluding carboxylic acids is 2. The molecule has 0 unspecified atom stereocenters. The van der Waals surface area contributed by atoms with Crippen molar-refractivity contribution in [2.24, 2.45) is 0 Å². The van der Waals surface area contributed by atoms with Gasteiger partial charge in [-0.3, -0.25) is 37.9 Å². The van der Waals surface area contributed by atoms with E-state index in [1.165, 1.54) is 146 Å². The number of hydrogen-bond donors (Lipinski definition) is 2. The third-order valence-corrected chi connectivity index (χ3v) is 28.3. The molecule has 0 aliphatic heterocycles. The topological polar surface area (TPSA) is 360 Å². The number of rotatable bonds is 32. The predicted octanol–water partition coefficient (Wildman–Crippen LogP) is 14.5. The Morgan fingerprint density at radius 2 is 0.500 bits per heavy atom. The summed E-state index contributed by atoms with van der Waals surface area (Å²) in [7, 11) is -19.4. The van der Waals surface area contributed by atoms with E-state index >= 15 is 26.4 Å². The fourth-order valence-corrected chi connectivity index (χ4v) is 20.1. The van der Waals surface area contributed by atoms with Gasteiger partial charge in [-0.25, -0.2) is 0 Å². The van der Waals surface area contributed by atoms with Crippen LogP contribution in [0.1, 0.15) is 112 Å². The van der Waals surface area contributed by atoms with Gasteiger partial charge in [0.2, 0.25) is 11.8 Å². The second kappa shape index (κ2) is 38.1. The highest BCUT2D eigenvalue weighted by Crippen LogP contribution is 2.41. The zero-order valence-electron chi connectivity index (χ0n) is 68.5. The summed E-state index contributed by atoms with van der Waals surface area (Å²) in [5.41, 5.74) is 6.69. The fourth-order valence-electron chi connectivity index (χ4n) is 15.4. The van der Waals surface area contributed by atoms with Gasteiger partial charge in [0.25, 0.3) is 0 Å². The van der Waals surface area contributed by atoms with Gasteiger partial charge in [0.05, 0.1) is 74.6 Å². The van der Waals surface area contributed by atoms with Crippen molar-refractivity contribution in [1.29, 1.82) is 0 Å². The monoisotopic (exact) mass is 2010 g/mol. The highest BCUT2D eigenvalue weighted by Gasteiger charge is 2.33. The van der Waals surface area contributed by atoms with Crippen LogP contribution in [0, 0.1) is 55.4 Å². The number of aryl methyl sites for hydroxylation is 8. The van der Waals surface area contributed by atoms with Crippen molar-refractivity contribution >= 4 is 128 Å². The van der Waals surface area contributed by atoms with Gasteiger partial charge in [-0.2, -0.15) is 54.1 Å². The van der Waals surface area contributed by atoms with Crippen molar-refractivity contribution in [2.45, 2.75) is 153 Å². The Kier molecular flexibility index (Phi) is 28.0. The Labute approximate surface area is 752 Å². The molecule has 2 N–H and O–H groups in total. The molecule has 8 aromatic carbocycles. The summed E-state index contributed by atoms with van der Waals surface area (Å²) in [4.78, 5) is 62.8. The molecule has 648 valence electrons. The van der Waals surface area contributed by atoms with Crippen molar-refractivity contribution in [1.82, 2.24) is 48.9 Å². The van der Waals surface area contributed by atoms with Crippen LogP contribution in [0.15, 0.2) is 207 Å². The minimum absolute atomic E-state index is 0.000142. The normalized spacial score (nSPS) is 12.4. The Morgan fingerprint density at radius 1 is 0.315 bits per heavy atom. The third-order valence-electron chi connectivity index (χ3n) is 21.1. The largest absolute Gasteiger partial charge is 0.481 e. The third kappa shape index (κ3) is 22.5. The molecule has 124 heavy (non-hydrogen) atoms. The van der Waals surface area contributed by atoms with E-state index in [9.17, 15) is 36.6 Å². The average Bonchev–Trinajstić information content (AvgIpc) is 0.825. The van der Waals surface area contributed by atoms with Gasteiger partial charge >= 0.3 is 52.4 Å². The molecule has 0 saturated heterocycles. The summed E-state index contributed by atoms with van der Waals surface area (Å²) in [5, 5.41) is 41.5. The number of aromatic nitrogens is 8. The van der Waals surface area contributed by atoms with Gasteiger partial charge in [-0.05, 0) is 318 Å². The Morgan fingerprint density at radius 3 is 0.669 bits per heavy atom. The lowest BCUT2D eigenvalue weighted by Crippen LogP contribution is -2.38. The van der Waals surface area contributed by atoms with Crippen LogP contribution >= 0.6 is 63.7 Å². The maximum absolute atomic E-state index is 16.5. The molecule has 28 nitrogen and oxygen atoms in total. The van der Waals surface area contributed by atoms with Crippen molar-refractivity contribution in [3.63, 3.8) is 0 Å². The predicted molar refractivity (Wildman–Crippen MR) is 475 cm³/mol. The van der Waals surface area contributed by atoms with E-state index in [4.69, 9.17) is 37.1 Å². The number of carboxylic acids is 2. The molecule has 4 heterocycles. The molecular weight excluding hydrogens is 1930 g/mol. The van der Waals surface area contributed by atoms with Crippen molar-refractivity contribution in [2.75, 3.05) is 26.2 Å². The van der Waals surface area contributed by atoms with E-state index in [0.717, 1.165) is 45.6 Å². The number of hydrogen-bond acceptors (Lipinski definition) is 20. The Hall–Kier alpha value is -10.6. The lowest BCUT2D eigenvalue weighted by molar-refractivity contribution is -0.137. The number of carbonyl (C=O) groups is 4. The first-order chi connectivity index (χ1) is 58.7. The first kappa shape index (κ1) is 91.1. The second-order valence-corrected chi connectivity index (χ2v) is 40.3. The zero-order valence-corrected chi connectivity index (χ0v) is 78.1. The molecule has 36 heteroatoms. The number of carboxylic acid groups (broad SMARTS) is 2. The first-order valence-corrected chi connectivity index (χ1v) is 47.9.